The number of aliphatic hydroxyl groups is 2. The van der Waals surface area contributed by atoms with Crippen LogP contribution in [0.25, 0.3) is 11.2 Å². The second kappa shape index (κ2) is 5.83. The van der Waals surface area contributed by atoms with Gasteiger partial charge in [-0.25, -0.2) is 10.1 Å². The van der Waals surface area contributed by atoms with E-state index in [2.05, 4.69) is 19.1 Å². The molecule has 1 saturated heterocycles. The number of anilines is 1. The summed E-state index contributed by atoms with van der Waals surface area (Å²) < 4.78 is 45.8. The highest BCUT2D eigenvalue weighted by Crippen LogP contribution is 2.32. The van der Waals surface area contributed by atoms with Gasteiger partial charge in [0, 0.05) is 0 Å². The molecule has 1 aliphatic heterocycles. The molecule has 1 fully saturated rings. The van der Waals surface area contributed by atoms with Crippen molar-refractivity contribution in [3.63, 3.8) is 0 Å². The van der Waals surface area contributed by atoms with E-state index in [9.17, 15) is 23.0 Å². The summed E-state index contributed by atoms with van der Waals surface area (Å²) in [5.41, 5.74) is 5.54. The van der Waals surface area contributed by atoms with Crippen LogP contribution in [-0.2, 0) is 19.2 Å². The smallest absolute Gasteiger partial charge is 0.333 e. The van der Waals surface area contributed by atoms with Gasteiger partial charge in [0.05, 0.1) is 12.9 Å². The van der Waals surface area contributed by atoms with Gasteiger partial charge in [0.15, 0.2) is 23.2 Å². The van der Waals surface area contributed by atoms with Crippen molar-refractivity contribution in [1.29, 1.82) is 0 Å². The van der Waals surface area contributed by atoms with Gasteiger partial charge in [-0.15, -0.1) is 0 Å². The molecule has 0 amide bonds. The lowest BCUT2D eigenvalue weighted by molar-refractivity contribution is -0.0467. The fourth-order valence-corrected chi connectivity index (χ4v) is 2.68. The molecule has 2 aromatic rings. The van der Waals surface area contributed by atoms with Crippen LogP contribution in [0.2, 0.25) is 0 Å². The van der Waals surface area contributed by atoms with Gasteiger partial charge in [0.25, 0.3) is 0 Å². The fraction of sp³-hybridized carbons (Fsp3) is 0.500. The van der Waals surface area contributed by atoms with Gasteiger partial charge in [-0.2, -0.15) is 22.8 Å². The van der Waals surface area contributed by atoms with Crippen LogP contribution in [0.3, 0.4) is 0 Å². The van der Waals surface area contributed by atoms with Gasteiger partial charge in [0.2, 0.25) is 0 Å². The number of hydrogen-bond acceptors (Lipinski definition) is 10. The third kappa shape index (κ3) is 3.02. The van der Waals surface area contributed by atoms with Gasteiger partial charge in [-0.3, -0.25) is 8.75 Å². The average Bonchev–Trinajstić information content (AvgIpc) is 3.00. The summed E-state index contributed by atoms with van der Waals surface area (Å²) in [6.45, 7) is -0.619. The Labute approximate surface area is 134 Å². The van der Waals surface area contributed by atoms with Crippen molar-refractivity contribution in [3.8, 4) is 0 Å². The predicted molar refractivity (Wildman–Crippen MR) is 74.7 cm³/mol. The minimum Gasteiger partial charge on any atom is -0.387 e. The Hall–Kier alpha value is -1.97. The summed E-state index contributed by atoms with van der Waals surface area (Å²) in [5, 5.41) is 24.7. The molecule has 2 aromatic heterocycles. The van der Waals surface area contributed by atoms with Crippen molar-refractivity contribution < 1.29 is 31.9 Å². The minimum atomic E-state index is -4.25. The van der Waals surface area contributed by atoms with E-state index in [1.807, 2.05) is 0 Å². The lowest BCUT2D eigenvalue weighted by Crippen LogP contribution is -2.35. The monoisotopic (exact) mass is 364 g/mol. The highest BCUT2D eigenvalue weighted by molar-refractivity contribution is 7.84. The maximum Gasteiger partial charge on any atom is 0.333 e. The SMILES string of the molecule is Nc1nc(F)nc2c1ncn2C1OC(COS(N)(=O)=O)C(O)C1O. The Morgan fingerprint density at radius 1 is 1.38 bits per heavy atom. The third-order valence-electron chi connectivity index (χ3n) is 3.43. The second-order valence-corrected chi connectivity index (χ2v) is 6.25. The molecule has 3 rings (SSSR count). The van der Waals surface area contributed by atoms with Crippen LogP contribution in [0.4, 0.5) is 10.2 Å². The minimum absolute atomic E-state index is 0.0655. The Balaban J connectivity index is 1.90. The summed E-state index contributed by atoms with van der Waals surface area (Å²) >= 11 is 0. The maximum absolute atomic E-state index is 13.3. The molecule has 132 valence electrons. The quantitative estimate of drug-likeness (QED) is 0.418. The van der Waals surface area contributed by atoms with Crippen molar-refractivity contribution in [2.45, 2.75) is 24.5 Å². The molecule has 1 aliphatic rings. The zero-order chi connectivity index (χ0) is 17.6. The standard InChI is InChI=1S/C10H13FN6O6S/c11-10-15-7(12)4-8(16-10)17(2-14-4)9-6(19)5(18)3(23-9)1-22-24(13,20)21/h2-3,5-6,9,18-19H,1H2,(H2,12,15,16)(H2,13,20,21). The first-order chi connectivity index (χ1) is 11.2. The van der Waals surface area contributed by atoms with Crippen LogP contribution < -0.4 is 10.9 Å². The van der Waals surface area contributed by atoms with Gasteiger partial charge in [-0.05, 0) is 0 Å². The summed E-state index contributed by atoms with van der Waals surface area (Å²) in [6, 6.07) is 0. The van der Waals surface area contributed by atoms with E-state index in [4.69, 9.17) is 15.6 Å². The number of fused-ring (bicyclic) bond motifs is 1. The Kier molecular flexibility index (Phi) is 4.10. The molecule has 0 radical (unpaired) electrons. The van der Waals surface area contributed by atoms with Crippen LogP contribution in [-0.4, -0.2) is 63.1 Å². The first-order valence-electron chi connectivity index (χ1n) is 6.51. The predicted octanol–water partition coefficient (Wildman–Crippen LogP) is -2.61. The number of nitrogen functional groups attached to an aromatic ring is 1. The largest absolute Gasteiger partial charge is 0.387 e. The number of hydrogen-bond donors (Lipinski definition) is 4. The van der Waals surface area contributed by atoms with E-state index >= 15 is 0 Å². The number of aliphatic hydroxyl groups excluding tert-OH is 2. The summed E-state index contributed by atoms with van der Waals surface area (Å²) in [5.74, 6) is -0.210. The first-order valence-corrected chi connectivity index (χ1v) is 7.99. The molecule has 4 atom stereocenters. The average molecular weight is 364 g/mol. The summed E-state index contributed by atoms with van der Waals surface area (Å²) in [7, 11) is -4.25. The molecule has 14 heteroatoms. The van der Waals surface area contributed by atoms with Crippen molar-refractivity contribution in [3.05, 3.63) is 12.4 Å². The molecular formula is C10H13FN6O6S. The Morgan fingerprint density at radius 2 is 2.08 bits per heavy atom. The molecule has 0 aliphatic carbocycles. The molecule has 0 bridgehead atoms. The van der Waals surface area contributed by atoms with E-state index in [-0.39, 0.29) is 17.0 Å². The van der Waals surface area contributed by atoms with Gasteiger partial charge < -0.3 is 20.7 Å². The van der Waals surface area contributed by atoms with E-state index < -0.39 is 47.5 Å². The first kappa shape index (κ1) is 16.9. The molecule has 12 nitrogen and oxygen atoms in total. The van der Waals surface area contributed by atoms with Crippen LogP contribution >= 0.6 is 0 Å². The van der Waals surface area contributed by atoms with Crippen LogP contribution in [0.15, 0.2) is 6.33 Å². The lowest BCUT2D eigenvalue weighted by atomic mass is 10.1. The van der Waals surface area contributed by atoms with E-state index in [0.717, 1.165) is 4.57 Å². The van der Waals surface area contributed by atoms with Gasteiger partial charge in [0.1, 0.15) is 18.3 Å². The lowest BCUT2D eigenvalue weighted by Gasteiger charge is -2.16. The van der Waals surface area contributed by atoms with Crippen molar-refractivity contribution in [1.82, 2.24) is 19.5 Å². The van der Waals surface area contributed by atoms with Crippen LogP contribution in [0, 0.1) is 6.08 Å². The number of ether oxygens (including phenoxy) is 1. The molecule has 24 heavy (non-hydrogen) atoms. The van der Waals surface area contributed by atoms with Gasteiger partial charge in [-0.1, -0.05) is 0 Å². The zero-order valence-electron chi connectivity index (χ0n) is 11.9. The number of halogens is 1. The number of rotatable bonds is 4. The van der Waals surface area contributed by atoms with Crippen molar-refractivity contribution >= 4 is 27.3 Å². The zero-order valence-corrected chi connectivity index (χ0v) is 12.7. The molecule has 0 aromatic carbocycles. The van der Waals surface area contributed by atoms with Crippen molar-refractivity contribution in [2.75, 3.05) is 12.3 Å². The second-order valence-electron chi connectivity index (χ2n) is 5.03. The molecule has 0 saturated carbocycles. The molecule has 6 N–H and O–H groups in total. The highest BCUT2D eigenvalue weighted by atomic mass is 32.2. The summed E-state index contributed by atoms with van der Waals surface area (Å²) in [4.78, 5) is 10.8. The molecule has 0 spiro atoms. The Bertz CT molecular complexity index is 874. The summed E-state index contributed by atoms with van der Waals surface area (Å²) in [6.07, 6.45) is -5.35. The molecular weight excluding hydrogens is 351 g/mol. The fourth-order valence-electron chi connectivity index (χ4n) is 2.36. The normalized spacial score (nSPS) is 27.8. The molecule has 3 heterocycles. The van der Waals surface area contributed by atoms with Gasteiger partial charge >= 0.3 is 16.4 Å². The number of imidazole rings is 1. The van der Waals surface area contributed by atoms with Crippen molar-refractivity contribution in [2.24, 2.45) is 5.14 Å². The maximum atomic E-state index is 13.3. The van der Waals surface area contributed by atoms with E-state index in [1.54, 1.807) is 0 Å². The highest BCUT2D eigenvalue weighted by Gasteiger charge is 2.45. The van der Waals surface area contributed by atoms with E-state index in [1.165, 1.54) is 6.33 Å². The van der Waals surface area contributed by atoms with Crippen LogP contribution in [0.1, 0.15) is 6.23 Å². The topological polar surface area (TPSA) is 189 Å². The number of aromatic nitrogens is 4. The Morgan fingerprint density at radius 3 is 2.75 bits per heavy atom. The molecule has 4 unspecified atom stereocenters. The van der Waals surface area contributed by atoms with E-state index in [0.29, 0.717) is 0 Å². The van der Waals surface area contributed by atoms with Crippen LogP contribution in [0.5, 0.6) is 0 Å². The number of nitrogens with two attached hydrogens (primary N) is 2. The third-order valence-corrected chi connectivity index (χ3v) is 3.89. The number of nitrogens with zero attached hydrogens (tertiary/aromatic N) is 4.